The van der Waals surface area contributed by atoms with E-state index in [4.69, 9.17) is 23.2 Å². The molecule has 0 unspecified atom stereocenters. The number of hydrogen-bond donors (Lipinski definition) is 0. The molecule has 0 aliphatic carbocycles. The van der Waals surface area contributed by atoms with Gasteiger partial charge in [-0.25, -0.2) is 4.90 Å². The van der Waals surface area contributed by atoms with Crippen LogP contribution in [0, 0.1) is 6.92 Å². The number of rotatable bonds is 4. The highest BCUT2D eigenvalue weighted by Gasteiger charge is 2.42. The molecule has 0 saturated heterocycles. The summed E-state index contributed by atoms with van der Waals surface area (Å²) >= 11 is 12.3. The van der Waals surface area contributed by atoms with Gasteiger partial charge < -0.3 is 4.90 Å². The quantitative estimate of drug-likeness (QED) is 0.490. The Labute approximate surface area is 184 Å². The average Bonchev–Trinajstić information content (AvgIpc) is 2.98. The number of imide groups is 1. The number of halogens is 2. The Morgan fingerprint density at radius 3 is 2.00 bits per heavy atom. The number of carbonyl (C=O) groups excluding carboxylic acids is 2. The lowest BCUT2D eigenvalue weighted by atomic mass is 10.0. The van der Waals surface area contributed by atoms with Crippen molar-refractivity contribution in [1.29, 1.82) is 0 Å². The van der Waals surface area contributed by atoms with Crippen LogP contribution < -0.4 is 9.80 Å². The molecule has 0 N–H and O–H groups in total. The molecule has 0 radical (unpaired) electrons. The van der Waals surface area contributed by atoms with Crippen molar-refractivity contribution < 1.29 is 9.59 Å². The van der Waals surface area contributed by atoms with Crippen LogP contribution >= 0.6 is 23.2 Å². The Morgan fingerprint density at radius 1 is 0.800 bits per heavy atom. The lowest BCUT2D eigenvalue weighted by Crippen LogP contribution is -2.34. The van der Waals surface area contributed by atoms with Gasteiger partial charge in [-0.1, -0.05) is 71.2 Å². The van der Waals surface area contributed by atoms with E-state index in [2.05, 4.69) is 0 Å². The zero-order chi connectivity index (χ0) is 21.4. The fraction of sp³-hybridized carbons (Fsp3) is 0.0833. The Bertz CT molecular complexity index is 1150. The first-order valence-electron chi connectivity index (χ1n) is 9.32. The largest absolute Gasteiger partial charge is 0.339 e. The first-order chi connectivity index (χ1) is 14.4. The van der Waals surface area contributed by atoms with E-state index in [9.17, 15) is 9.59 Å². The van der Waals surface area contributed by atoms with E-state index in [0.717, 1.165) is 16.2 Å². The number of likely N-dealkylation sites (N-methyl/N-ethyl adjacent to an activating group) is 1. The molecule has 3 aromatic rings. The summed E-state index contributed by atoms with van der Waals surface area (Å²) in [4.78, 5) is 29.9. The van der Waals surface area contributed by atoms with Crippen LogP contribution in [0.1, 0.15) is 11.1 Å². The first-order valence-corrected chi connectivity index (χ1v) is 10.1. The molecule has 1 heterocycles. The standard InChI is InChI=1S/C24H18Cl2N2O2/c1-15-8-10-16(11-9-15)21-22(27(2)19-6-4-3-5-7-19)24(30)28(23(21)29)20-13-17(25)12-18(26)14-20/h3-14H,1-2H3. The predicted octanol–water partition coefficient (Wildman–Crippen LogP) is 5.72. The second-order valence-electron chi connectivity index (χ2n) is 7.06. The number of aryl methyl sites for hydroxylation is 1. The zero-order valence-electron chi connectivity index (χ0n) is 16.4. The Hall–Kier alpha value is -3.08. The molecule has 4 rings (SSSR count). The summed E-state index contributed by atoms with van der Waals surface area (Å²) in [7, 11) is 1.78. The summed E-state index contributed by atoms with van der Waals surface area (Å²) in [5.74, 6) is -0.847. The van der Waals surface area contributed by atoms with Gasteiger partial charge in [0.25, 0.3) is 11.8 Å². The molecule has 6 heteroatoms. The maximum absolute atomic E-state index is 13.5. The molecule has 4 nitrogen and oxygen atoms in total. The molecule has 0 bridgehead atoms. The molecule has 0 atom stereocenters. The van der Waals surface area contributed by atoms with E-state index in [0.29, 0.717) is 32.6 Å². The molecular weight excluding hydrogens is 419 g/mol. The Morgan fingerprint density at radius 2 is 1.40 bits per heavy atom. The van der Waals surface area contributed by atoms with Gasteiger partial charge in [0.2, 0.25) is 0 Å². The number of amides is 2. The van der Waals surface area contributed by atoms with Crippen LogP contribution in [-0.4, -0.2) is 18.9 Å². The summed E-state index contributed by atoms with van der Waals surface area (Å²) in [6.45, 7) is 1.97. The average molecular weight is 437 g/mol. The van der Waals surface area contributed by atoms with Gasteiger partial charge in [0, 0.05) is 22.8 Å². The highest BCUT2D eigenvalue weighted by molar-refractivity contribution is 6.47. The van der Waals surface area contributed by atoms with Crippen LogP contribution in [-0.2, 0) is 9.59 Å². The minimum Gasteiger partial charge on any atom is -0.339 e. The van der Waals surface area contributed by atoms with E-state index in [1.807, 2.05) is 61.5 Å². The van der Waals surface area contributed by atoms with Crippen LogP contribution in [0.3, 0.4) is 0 Å². The monoisotopic (exact) mass is 436 g/mol. The molecule has 2 amide bonds. The normalized spacial score (nSPS) is 13.9. The predicted molar refractivity (Wildman–Crippen MR) is 122 cm³/mol. The van der Waals surface area contributed by atoms with Crippen LogP contribution in [0.2, 0.25) is 10.0 Å². The summed E-state index contributed by atoms with van der Waals surface area (Å²) in [6, 6.07) is 21.6. The summed E-state index contributed by atoms with van der Waals surface area (Å²) in [6.07, 6.45) is 0. The SMILES string of the molecule is Cc1ccc(C2=C(N(C)c3ccccc3)C(=O)N(c3cc(Cl)cc(Cl)c3)C2=O)cc1. The van der Waals surface area contributed by atoms with Crippen molar-refractivity contribution in [1.82, 2.24) is 0 Å². The lowest BCUT2D eigenvalue weighted by molar-refractivity contribution is -0.120. The summed E-state index contributed by atoms with van der Waals surface area (Å²) in [5, 5.41) is 0.694. The lowest BCUT2D eigenvalue weighted by Gasteiger charge is -2.21. The van der Waals surface area contributed by atoms with Gasteiger partial charge >= 0.3 is 0 Å². The Balaban J connectivity index is 1.89. The molecule has 0 aromatic heterocycles. The van der Waals surface area contributed by atoms with Gasteiger partial charge in [-0.15, -0.1) is 0 Å². The smallest absolute Gasteiger partial charge is 0.282 e. The van der Waals surface area contributed by atoms with Gasteiger partial charge in [-0.05, 0) is 42.8 Å². The topological polar surface area (TPSA) is 40.6 Å². The second-order valence-corrected chi connectivity index (χ2v) is 7.93. The molecule has 30 heavy (non-hydrogen) atoms. The van der Waals surface area contributed by atoms with Crippen molar-refractivity contribution in [3.05, 3.63) is 99.7 Å². The van der Waals surface area contributed by atoms with Crippen LogP contribution in [0.25, 0.3) is 5.57 Å². The molecule has 0 spiro atoms. The van der Waals surface area contributed by atoms with Crippen LogP contribution in [0.4, 0.5) is 11.4 Å². The maximum atomic E-state index is 13.5. The minimum atomic E-state index is -0.430. The van der Waals surface area contributed by atoms with Crippen molar-refractivity contribution in [3.8, 4) is 0 Å². The Kier molecular flexibility index (Phi) is 5.37. The van der Waals surface area contributed by atoms with E-state index in [1.165, 1.54) is 0 Å². The van der Waals surface area contributed by atoms with Crippen molar-refractivity contribution in [2.24, 2.45) is 0 Å². The molecular formula is C24H18Cl2N2O2. The zero-order valence-corrected chi connectivity index (χ0v) is 17.9. The van der Waals surface area contributed by atoms with Gasteiger partial charge in [0.1, 0.15) is 5.70 Å². The number of nitrogens with zero attached hydrogens (tertiary/aromatic N) is 2. The third-order valence-electron chi connectivity index (χ3n) is 4.98. The highest BCUT2D eigenvalue weighted by Crippen LogP contribution is 2.37. The fourth-order valence-corrected chi connectivity index (χ4v) is 4.01. The summed E-state index contributed by atoms with van der Waals surface area (Å²) < 4.78 is 0. The highest BCUT2D eigenvalue weighted by atomic mass is 35.5. The summed E-state index contributed by atoms with van der Waals surface area (Å²) in [5.41, 5.74) is 3.50. The number of benzene rings is 3. The van der Waals surface area contributed by atoms with E-state index >= 15 is 0 Å². The molecule has 3 aromatic carbocycles. The van der Waals surface area contributed by atoms with E-state index < -0.39 is 11.8 Å². The maximum Gasteiger partial charge on any atom is 0.282 e. The van der Waals surface area contributed by atoms with Gasteiger partial charge in [0.15, 0.2) is 0 Å². The van der Waals surface area contributed by atoms with Gasteiger partial charge in [-0.2, -0.15) is 0 Å². The van der Waals surface area contributed by atoms with Crippen LogP contribution in [0.5, 0.6) is 0 Å². The first kappa shape index (κ1) is 20.2. The minimum absolute atomic E-state index is 0.297. The molecule has 0 fully saturated rings. The van der Waals surface area contributed by atoms with Crippen molar-refractivity contribution in [2.45, 2.75) is 6.92 Å². The van der Waals surface area contributed by atoms with E-state index in [1.54, 1.807) is 30.1 Å². The van der Waals surface area contributed by atoms with Crippen molar-refractivity contribution in [3.63, 3.8) is 0 Å². The number of carbonyl (C=O) groups is 2. The number of hydrogen-bond acceptors (Lipinski definition) is 3. The molecule has 0 saturated carbocycles. The van der Waals surface area contributed by atoms with Crippen molar-refractivity contribution in [2.75, 3.05) is 16.8 Å². The number of anilines is 2. The molecule has 150 valence electrons. The fourth-order valence-electron chi connectivity index (χ4n) is 3.49. The third-order valence-corrected chi connectivity index (χ3v) is 5.42. The van der Waals surface area contributed by atoms with Gasteiger partial charge in [0.05, 0.1) is 11.3 Å². The molecule has 1 aliphatic rings. The van der Waals surface area contributed by atoms with Crippen LogP contribution in [0.15, 0.2) is 78.5 Å². The third kappa shape index (κ3) is 3.60. The van der Waals surface area contributed by atoms with E-state index in [-0.39, 0.29) is 0 Å². The van der Waals surface area contributed by atoms with Crippen molar-refractivity contribution >= 4 is 52.0 Å². The van der Waals surface area contributed by atoms with Gasteiger partial charge in [-0.3, -0.25) is 9.59 Å². The second kappa shape index (κ2) is 7.98. The molecule has 1 aliphatic heterocycles. The number of para-hydroxylation sites is 1.